The number of aromatic nitrogens is 2. The second-order valence-corrected chi connectivity index (χ2v) is 6.48. The van der Waals surface area contributed by atoms with Crippen LogP contribution in [0.1, 0.15) is 51.4 Å². The quantitative estimate of drug-likeness (QED) is 0.838. The summed E-state index contributed by atoms with van der Waals surface area (Å²) in [5.74, 6) is 0.782. The van der Waals surface area contributed by atoms with Crippen molar-refractivity contribution in [1.82, 2.24) is 20.0 Å². The van der Waals surface area contributed by atoms with E-state index < -0.39 is 0 Å². The van der Waals surface area contributed by atoms with Crippen LogP contribution >= 0.6 is 0 Å². The molecule has 1 aromatic rings. The lowest BCUT2D eigenvalue weighted by Crippen LogP contribution is -2.44. The molecule has 1 fully saturated rings. The van der Waals surface area contributed by atoms with Gasteiger partial charge in [0.25, 0.3) is 0 Å². The molecule has 0 spiro atoms. The molecule has 1 aliphatic heterocycles. The maximum absolute atomic E-state index is 4.57. The van der Waals surface area contributed by atoms with Gasteiger partial charge in [-0.25, -0.2) is 0 Å². The summed E-state index contributed by atoms with van der Waals surface area (Å²) in [7, 11) is 2.07. The van der Waals surface area contributed by atoms with Crippen molar-refractivity contribution in [3.63, 3.8) is 0 Å². The fourth-order valence-corrected chi connectivity index (χ4v) is 3.30. The third kappa shape index (κ3) is 4.55. The first kappa shape index (κ1) is 16.5. The molecule has 120 valence electrons. The van der Waals surface area contributed by atoms with Gasteiger partial charge in [-0.1, -0.05) is 13.8 Å². The largest absolute Gasteiger partial charge is 0.314 e. The molecule has 4 nitrogen and oxygen atoms in total. The van der Waals surface area contributed by atoms with E-state index in [-0.39, 0.29) is 0 Å². The van der Waals surface area contributed by atoms with Gasteiger partial charge < -0.3 is 5.32 Å². The van der Waals surface area contributed by atoms with Crippen molar-refractivity contribution >= 4 is 0 Å². The van der Waals surface area contributed by atoms with Crippen molar-refractivity contribution < 1.29 is 0 Å². The number of hydrogen-bond donors (Lipinski definition) is 1. The molecule has 21 heavy (non-hydrogen) atoms. The number of nitrogens with one attached hydrogen (secondary N) is 1. The van der Waals surface area contributed by atoms with Crippen molar-refractivity contribution in [2.45, 2.75) is 59.0 Å². The number of nitrogens with zero attached hydrogens (tertiary/aromatic N) is 3. The van der Waals surface area contributed by atoms with Gasteiger partial charge in [0.1, 0.15) is 0 Å². The minimum absolute atomic E-state index is 0.630. The van der Waals surface area contributed by atoms with E-state index in [1.54, 1.807) is 0 Å². The van der Waals surface area contributed by atoms with Crippen molar-refractivity contribution in [3.8, 4) is 0 Å². The van der Waals surface area contributed by atoms with E-state index in [9.17, 15) is 0 Å². The maximum Gasteiger partial charge on any atom is 0.0625 e. The summed E-state index contributed by atoms with van der Waals surface area (Å²) in [6.07, 6.45) is 4.92. The van der Waals surface area contributed by atoms with Crippen LogP contribution in [0.15, 0.2) is 6.07 Å². The van der Waals surface area contributed by atoms with Gasteiger partial charge in [0.2, 0.25) is 0 Å². The van der Waals surface area contributed by atoms with Crippen molar-refractivity contribution in [3.05, 3.63) is 17.5 Å². The smallest absolute Gasteiger partial charge is 0.0625 e. The highest BCUT2D eigenvalue weighted by Gasteiger charge is 2.24. The van der Waals surface area contributed by atoms with Gasteiger partial charge in [-0.3, -0.25) is 9.58 Å². The third-order valence-corrected chi connectivity index (χ3v) is 4.74. The zero-order chi connectivity index (χ0) is 15.2. The Labute approximate surface area is 129 Å². The second kappa shape index (κ2) is 7.95. The van der Waals surface area contributed by atoms with Gasteiger partial charge in [-0.05, 0) is 57.7 Å². The molecule has 2 unspecified atom stereocenters. The summed E-state index contributed by atoms with van der Waals surface area (Å²) < 4.78 is 2.06. The lowest BCUT2D eigenvalue weighted by atomic mass is 9.91. The lowest BCUT2D eigenvalue weighted by Gasteiger charge is -2.36. The summed E-state index contributed by atoms with van der Waals surface area (Å²) in [6.45, 7) is 11.4. The number of rotatable bonds is 7. The predicted molar refractivity (Wildman–Crippen MR) is 88.3 cm³/mol. The van der Waals surface area contributed by atoms with Crippen LogP contribution in [0.5, 0.6) is 0 Å². The highest BCUT2D eigenvalue weighted by Crippen LogP contribution is 2.21. The average molecular weight is 292 g/mol. The molecule has 0 aliphatic carbocycles. The van der Waals surface area contributed by atoms with Crippen LogP contribution in [0.3, 0.4) is 0 Å². The molecule has 2 heterocycles. The molecular weight excluding hydrogens is 260 g/mol. The summed E-state index contributed by atoms with van der Waals surface area (Å²) >= 11 is 0. The molecule has 4 heteroatoms. The summed E-state index contributed by atoms with van der Waals surface area (Å²) in [6, 6.07) is 2.90. The molecule has 0 amide bonds. The SMILES string of the molecule is CCCNC(C)C1CCCN(Cc2cc(CC)nn2C)C1. The van der Waals surface area contributed by atoms with Crippen molar-refractivity contribution in [1.29, 1.82) is 0 Å². The Hall–Kier alpha value is -0.870. The van der Waals surface area contributed by atoms with Gasteiger partial charge in [0.05, 0.1) is 11.4 Å². The molecule has 0 bridgehead atoms. The highest BCUT2D eigenvalue weighted by molar-refractivity contribution is 5.10. The molecule has 0 saturated carbocycles. The number of aryl methyl sites for hydroxylation is 2. The first-order chi connectivity index (χ1) is 10.1. The minimum atomic E-state index is 0.630. The standard InChI is InChI=1S/C17H32N4/c1-5-9-18-14(3)15-8-7-10-21(12-15)13-17-11-16(6-2)19-20(17)4/h11,14-15,18H,5-10,12-13H2,1-4H3. The molecule has 1 N–H and O–H groups in total. The van der Waals surface area contributed by atoms with Crippen LogP contribution in [0.2, 0.25) is 0 Å². The van der Waals surface area contributed by atoms with Gasteiger partial charge in [0.15, 0.2) is 0 Å². The Kier molecular flexibility index (Phi) is 6.24. The first-order valence-electron chi connectivity index (χ1n) is 8.61. The van der Waals surface area contributed by atoms with E-state index in [2.05, 4.69) is 53.9 Å². The fraction of sp³-hybridized carbons (Fsp3) is 0.824. The summed E-state index contributed by atoms with van der Waals surface area (Å²) in [5, 5.41) is 8.23. The van der Waals surface area contributed by atoms with E-state index in [0.717, 1.165) is 25.4 Å². The zero-order valence-electron chi connectivity index (χ0n) is 14.2. The van der Waals surface area contributed by atoms with Crippen LogP contribution in [0.25, 0.3) is 0 Å². The van der Waals surface area contributed by atoms with Gasteiger partial charge >= 0.3 is 0 Å². The lowest BCUT2D eigenvalue weighted by molar-refractivity contribution is 0.142. The van der Waals surface area contributed by atoms with Crippen molar-refractivity contribution in [2.75, 3.05) is 19.6 Å². The monoisotopic (exact) mass is 292 g/mol. The first-order valence-corrected chi connectivity index (χ1v) is 8.61. The molecule has 0 aromatic carbocycles. The Morgan fingerprint density at radius 1 is 1.43 bits per heavy atom. The van der Waals surface area contributed by atoms with Gasteiger partial charge in [0, 0.05) is 26.2 Å². The van der Waals surface area contributed by atoms with Crippen LogP contribution in [-0.4, -0.2) is 40.4 Å². The van der Waals surface area contributed by atoms with Gasteiger partial charge in [-0.2, -0.15) is 5.10 Å². The topological polar surface area (TPSA) is 33.1 Å². The molecular formula is C17H32N4. The highest BCUT2D eigenvalue weighted by atomic mass is 15.3. The Bertz CT molecular complexity index is 426. The molecule has 1 aromatic heterocycles. The second-order valence-electron chi connectivity index (χ2n) is 6.48. The molecule has 1 saturated heterocycles. The van der Waals surface area contributed by atoms with Crippen LogP contribution in [0, 0.1) is 5.92 Å². The average Bonchev–Trinajstić information content (AvgIpc) is 2.85. The summed E-state index contributed by atoms with van der Waals surface area (Å²) in [5.41, 5.74) is 2.56. The van der Waals surface area contributed by atoms with Gasteiger partial charge in [-0.15, -0.1) is 0 Å². The van der Waals surface area contributed by atoms with Crippen LogP contribution in [0.4, 0.5) is 0 Å². The Balaban J connectivity index is 1.90. The van der Waals surface area contributed by atoms with E-state index in [1.807, 2.05) is 0 Å². The van der Waals surface area contributed by atoms with E-state index >= 15 is 0 Å². The number of hydrogen-bond acceptors (Lipinski definition) is 3. The minimum Gasteiger partial charge on any atom is -0.314 e. The van der Waals surface area contributed by atoms with E-state index in [1.165, 1.54) is 43.7 Å². The summed E-state index contributed by atoms with van der Waals surface area (Å²) in [4.78, 5) is 2.61. The number of likely N-dealkylation sites (tertiary alicyclic amines) is 1. The fourth-order valence-electron chi connectivity index (χ4n) is 3.30. The normalized spacial score (nSPS) is 21.6. The van der Waals surface area contributed by atoms with Crippen LogP contribution in [-0.2, 0) is 20.0 Å². The third-order valence-electron chi connectivity index (χ3n) is 4.74. The van der Waals surface area contributed by atoms with E-state index in [0.29, 0.717) is 6.04 Å². The zero-order valence-corrected chi connectivity index (χ0v) is 14.2. The van der Waals surface area contributed by atoms with Crippen molar-refractivity contribution in [2.24, 2.45) is 13.0 Å². The molecule has 1 aliphatic rings. The Morgan fingerprint density at radius 3 is 2.90 bits per heavy atom. The van der Waals surface area contributed by atoms with Crippen LogP contribution < -0.4 is 5.32 Å². The molecule has 2 atom stereocenters. The Morgan fingerprint density at radius 2 is 2.24 bits per heavy atom. The van der Waals surface area contributed by atoms with E-state index in [4.69, 9.17) is 0 Å². The number of piperidine rings is 1. The molecule has 2 rings (SSSR count). The molecule has 0 radical (unpaired) electrons. The maximum atomic E-state index is 4.57. The predicted octanol–water partition coefficient (Wildman–Crippen LogP) is 2.58.